The predicted octanol–water partition coefficient (Wildman–Crippen LogP) is 4.49. The summed E-state index contributed by atoms with van der Waals surface area (Å²) in [5.41, 5.74) is 3.33. The van der Waals surface area contributed by atoms with Gasteiger partial charge < -0.3 is 10.6 Å². The summed E-state index contributed by atoms with van der Waals surface area (Å²) < 4.78 is 3.49. The maximum Gasteiger partial charge on any atom is 0.333 e. The molecule has 0 bridgehead atoms. The SMILES string of the molecule is CC(=O)Nc1ccc(-n2c(=O)n(CC3CCC(NC(=O)c4cc(Cl)cnc4C)CC3)c3ccccc32)cn1. The minimum absolute atomic E-state index is 0.0726. The lowest BCUT2D eigenvalue weighted by molar-refractivity contribution is -0.114. The number of hydrogen-bond acceptors (Lipinski definition) is 5. The number of aryl methyl sites for hydroxylation is 1. The quantitative estimate of drug-likeness (QED) is 0.380. The molecule has 0 spiro atoms. The average Bonchev–Trinajstić information content (AvgIpc) is 3.17. The van der Waals surface area contributed by atoms with Crippen molar-refractivity contribution in [1.82, 2.24) is 24.4 Å². The van der Waals surface area contributed by atoms with Gasteiger partial charge in [-0.25, -0.2) is 9.78 Å². The van der Waals surface area contributed by atoms with Crippen LogP contribution in [0.3, 0.4) is 0 Å². The molecule has 38 heavy (non-hydrogen) atoms. The molecule has 0 aliphatic heterocycles. The van der Waals surface area contributed by atoms with E-state index in [1.807, 2.05) is 28.8 Å². The van der Waals surface area contributed by atoms with Crippen LogP contribution in [0.15, 0.2) is 59.7 Å². The molecule has 3 heterocycles. The van der Waals surface area contributed by atoms with Crippen LogP contribution in [0.1, 0.15) is 48.7 Å². The zero-order chi connectivity index (χ0) is 26.8. The molecule has 0 saturated heterocycles. The van der Waals surface area contributed by atoms with Crippen molar-refractivity contribution in [3.8, 4) is 5.69 Å². The van der Waals surface area contributed by atoms with Gasteiger partial charge in [-0.2, -0.15) is 0 Å². The molecule has 1 aliphatic carbocycles. The van der Waals surface area contributed by atoms with Crippen LogP contribution in [0.2, 0.25) is 5.02 Å². The number of halogens is 1. The number of nitrogens with one attached hydrogen (secondary N) is 2. The fraction of sp³-hybridized carbons (Fsp3) is 0.321. The van der Waals surface area contributed by atoms with Gasteiger partial charge in [-0.3, -0.25) is 23.7 Å². The second kappa shape index (κ2) is 10.8. The minimum Gasteiger partial charge on any atom is -0.349 e. The Labute approximate surface area is 224 Å². The third kappa shape index (κ3) is 5.33. The van der Waals surface area contributed by atoms with Crippen molar-refractivity contribution >= 4 is 40.3 Å². The zero-order valence-electron chi connectivity index (χ0n) is 21.3. The molecule has 2 N–H and O–H groups in total. The first-order valence-electron chi connectivity index (χ1n) is 12.7. The van der Waals surface area contributed by atoms with Gasteiger partial charge in [-0.05, 0) is 68.9 Å². The van der Waals surface area contributed by atoms with Gasteiger partial charge in [0.25, 0.3) is 5.91 Å². The molecule has 196 valence electrons. The van der Waals surface area contributed by atoms with Crippen molar-refractivity contribution in [2.45, 2.75) is 52.1 Å². The number of hydrogen-bond donors (Lipinski definition) is 2. The van der Waals surface area contributed by atoms with E-state index in [0.717, 1.165) is 36.7 Å². The van der Waals surface area contributed by atoms with Gasteiger partial charge in [0.2, 0.25) is 5.91 Å². The topological polar surface area (TPSA) is 111 Å². The second-order valence-corrected chi connectivity index (χ2v) is 10.2. The number of aromatic nitrogens is 4. The van der Waals surface area contributed by atoms with Gasteiger partial charge in [0, 0.05) is 25.7 Å². The molecule has 1 aliphatic rings. The first kappa shape index (κ1) is 25.7. The van der Waals surface area contributed by atoms with Gasteiger partial charge in [0.15, 0.2) is 0 Å². The van der Waals surface area contributed by atoms with E-state index in [4.69, 9.17) is 11.6 Å². The van der Waals surface area contributed by atoms with Gasteiger partial charge in [0.1, 0.15) is 5.82 Å². The smallest absolute Gasteiger partial charge is 0.333 e. The molecule has 0 atom stereocenters. The van der Waals surface area contributed by atoms with E-state index in [2.05, 4.69) is 20.6 Å². The number of anilines is 1. The number of carbonyl (C=O) groups is 2. The van der Waals surface area contributed by atoms with Crippen molar-refractivity contribution in [3.63, 3.8) is 0 Å². The number of rotatable bonds is 6. The van der Waals surface area contributed by atoms with Crippen molar-refractivity contribution in [3.05, 3.63) is 81.6 Å². The van der Waals surface area contributed by atoms with Crippen molar-refractivity contribution in [2.75, 3.05) is 5.32 Å². The Morgan fingerprint density at radius 3 is 2.45 bits per heavy atom. The summed E-state index contributed by atoms with van der Waals surface area (Å²) in [5, 5.41) is 6.21. The fourth-order valence-electron chi connectivity index (χ4n) is 5.16. The molecule has 3 aromatic heterocycles. The molecule has 5 rings (SSSR count). The summed E-state index contributed by atoms with van der Waals surface area (Å²) in [6, 6.07) is 12.9. The van der Waals surface area contributed by atoms with E-state index in [1.54, 1.807) is 35.9 Å². The number of pyridine rings is 2. The van der Waals surface area contributed by atoms with Crippen LogP contribution >= 0.6 is 11.6 Å². The Morgan fingerprint density at radius 1 is 1.03 bits per heavy atom. The van der Waals surface area contributed by atoms with Crippen LogP contribution in [-0.4, -0.2) is 37.0 Å². The highest BCUT2D eigenvalue weighted by Crippen LogP contribution is 2.28. The third-order valence-electron chi connectivity index (χ3n) is 7.07. The monoisotopic (exact) mass is 532 g/mol. The van der Waals surface area contributed by atoms with E-state index < -0.39 is 0 Å². The molecule has 1 saturated carbocycles. The van der Waals surface area contributed by atoms with Crippen LogP contribution < -0.4 is 16.3 Å². The number of amides is 2. The lowest BCUT2D eigenvalue weighted by Crippen LogP contribution is -2.39. The number of nitrogens with zero attached hydrogens (tertiary/aromatic N) is 4. The summed E-state index contributed by atoms with van der Waals surface area (Å²) in [6.45, 7) is 3.82. The number of para-hydroxylation sites is 2. The van der Waals surface area contributed by atoms with Gasteiger partial charge in [-0.1, -0.05) is 23.7 Å². The summed E-state index contributed by atoms with van der Waals surface area (Å²) in [5.74, 6) is 0.391. The molecule has 10 heteroatoms. The molecule has 9 nitrogen and oxygen atoms in total. The molecule has 1 aromatic carbocycles. The third-order valence-corrected chi connectivity index (χ3v) is 7.27. The number of fused-ring (bicyclic) bond motifs is 1. The summed E-state index contributed by atoms with van der Waals surface area (Å²) in [7, 11) is 0. The highest BCUT2D eigenvalue weighted by atomic mass is 35.5. The summed E-state index contributed by atoms with van der Waals surface area (Å²) in [4.78, 5) is 46.2. The molecule has 2 amide bonds. The normalized spacial score (nSPS) is 17.3. The lowest BCUT2D eigenvalue weighted by Gasteiger charge is -2.29. The molecular formula is C28H29ClN6O3. The zero-order valence-corrected chi connectivity index (χ0v) is 22.0. The van der Waals surface area contributed by atoms with Crippen molar-refractivity contribution in [1.29, 1.82) is 0 Å². The lowest BCUT2D eigenvalue weighted by atomic mass is 9.85. The van der Waals surface area contributed by atoms with Crippen LogP contribution in [0, 0.1) is 12.8 Å². The van der Waals surface area contributed by atoms with Gasteiger partial charge in [0.05, 0.1) is 39.2 Å². The largest absolute Gasteiger partial charge is 0.349 e. The van der Waals surface area contributed by atoms with E-state index in [-0.39, 0.29) is 23.5 Å². The van der Waals surface area contributed by atoms with Crippen molar-refractivity contribution < 1.29 is 9.59 Å². The number of benzene rings is 1. The molecular weight excluding hydrogens is 504 g/mol. The molecule has 1 fully saturated rings. The average molecular weight is 533 g/mol. The molecule has 0 unspecified atom stereocenters. The fourth-order valence-corrected chi connectivity index (χ4v) is 5.31. The van der Waals surface area contributed by atoms with Crippen LogP contribution in [-0.2, 0) is 11.3 Å². The highest BCUT2D eigenvalue weighted by molar-refractivity contribution is 6.30. The Morgan fingerprint density at radius 2 is 1.76 bits per heavy atom. The van der Waals surface area contributed by atoms with Crippen LogP contribution in [0.5, 0.6) is 0 Å². The first-order valence-corrected chi connectivity index (χ1v) is 13.0. The maximum absolute atomic E-state index is 13.6. The molecule has 4 aromatic rings. The first-order chi connectivity index (χ1) is 18.3. The van der Waals surface area contributed by atoms with Crippen molar-refractivity contribution in [2.24, 2.45) is 5.92 Å². The van der Waals surface area contributed by atoms with E-state index in [0.29, 0.717) is 40.2 Å². The van der Waals surface area contributed by atoms with E-state index >= 15 is 0 Å². The predicted molar refractivity (Wildman–Crippen MR) is 147 cm³/mol. The second-order valence-electron chi connectivity index (χ2n) is 9.78. The highest BCUT2D eigenvalue weighted by Gasteiger charge is 2.25. The Balaban J connectivity index is 1.30. The maximum atomic E-state index is 13.6. The van der Waals surface area contributed by atoms with E-state index in [9.17, 15) is 14.4 Å². The minimum atomic E-state index is -0.204. The number of imidazole rings is 1. The van der Waals surface area contributed by atoms with Gasteiger partial charge in [-0.15, -0.1) is 0 Å². The summed E-state index contributed by atoms with van der Waals surface area (Å²) in [6.07, 6.45) is 6.60. The Kier molecular flexibility index (Phi) is 7.28. The Hall–Kier alpha value is -3.98. The standard InChI is InChI=1S/C28H29ClN6O3/c1-17-23(13-20(29)14-30-17)27(37)33-21-9-7-19(8-10-21)16-34-24-5-3-4-6-25(24)35(28(34)38)22-11-12-26(31-15-22)32-18(2)36/h3-6,11-15,19,21H,7-10,16H2,1-2H3,(H,33,37)(H,31,32,36). The molecule has 0 radical (unpaired) electrons. The van der Waals surface area contributed by atoms with E-state index in [1.165, 1.54) is 13.1 Å². The summed E-state index contributed by atoms with van der Waals surface area (Å²) >= 11 is 6.03. The van der Waals surface area contributed by atoms with Gasteiger partial charge >= 0.3 is 5.69 Å². The van der Waals surface area contributed by atoms with Crippen LogP contribution in [0.25, 0.3) is 16.7 Å². The number of carbonyl (C=O) groups excluding carboxylic acids is 2. The van der Waals surface area contributed by atoms with Crippen LogP contribution in [0.4, 0.5) is 5.82 Å². The Bertz CT molecular complexity index is 1550.